The number of thiazole rings is 1. The molecule has 0 radical (unpaired) electrons. The number of hydrogen-bond acceptors (Lipinski definition) is 5. The average molecular weight is 442 g/mol. The lowest BCUT2D eigenvalue weighted by Crippen LogP contribution is -2.39. The van der Waals surface area contributed by atoms with E-state index in [0.717, 1.165) is 29.5 Å². The number of benzene rings is 2. The number of urea groups is 1. The molecule has 0 aliphatic heterocycles. The number of nitrogens with zero attached hydrogens (tertiary/aromatic N) is 2. The van der Waals surface area contributed by atoms with Gasteiger partial charge in [-0.15, -0.1) is 17.8 Å². The molecule has 1 atom stereocenters. The van der Waals surface area contributed by atoms with Gasteiger partial charge >= 0.3 is 6.03 Å². The summed E-state index contributed by atoms with van der Waals surface area (Å²) < 4.78 is 0. The number of carbonyl (C=O) groups excluding carboxylic acids is 2. The summed E-state index contributed by atoms with van der Waals surface area (Å²) in [5.74, 6) is 1.99. The van der Waals surface area contributed by atoms with E-state index in [-0.39, 0.29) is 5.41 Å². The SMILES string of the molecule is C#Cc1nc(NC(=O)N[C@@H](C(N)=O)c2ccc(-c3cccc(C4(C#N)CC4)c3)cc2)cs1. The summed E-state index contributed by atoms with van der Waals surface area (Å²) in [6.45, 7) is 0. The zero-order valence-electron chi connectivity index (χ0n) is 17.0. The van der Waals surface area contributed by atoms with Gasteiger partial charge in [-0.2, -0.15) is 5.26 Å². The third-order valence-electron chi connectivity index (χ3n) is 5.39. The Morgan fingerprint density at radius 2 is 1.94 bits per heavy atom. The van der Waals surface area contributed by atoms with Crippen molar-refractivity contribution < 1.29 is 9.59 Å². The number of anilines is 1. The van der Waals surface area contributed by atoms with Crippen LogP contribution in [0.4, 0.5) is 10.6 Å². The Hall–Kier alpha value is -4.14. The molecule has 158 valence electrons. The topological polar surface area (TPSA) is 121 Å². The number of nitriles is 1. The summed E-state index contributed by atoms with van der Waals surface area (Å²) in [5, 5.41) is 16.6. The number of carbonyl (C=O) groups is 2. The van der Waals surface area contributed by atoms with Crippen molar-refractivity contribution in [1.82, 2.24) is 10.3 Å². The fraction of sp³-hybridized carbons (Fsp3) is 0.167. The maximum absolute atomic E-state index is 12.3. The van der Waals surface area contributed by atoms with Gasteiger partial charge in [-0.3, -0.25) is 10.1 Å². The minimum Gasteiger partial charge on any atom is -0.368 e. The highest BCUT2D eigenvalue weighted by molar-refractivity contribution is 7.10. The van der Waals surface area contributed by atoms with Crippen molar-refractivity contribution in [3.63, 3.8) is 0 Å². The zero-order valence-corrected chi connectivity index (χ0v) is 17.8. The van der Waals surface area contributed by atoms with E-state index in [9.17, 15) is 14.9 Å². The number of nitrogens with one attached hydrogen (secondary N) is 2. The second-order valence-electron chi connectivity index (χ2n) is 7.51. The zero-order chi connectivity index (χ0) is 22.7. The van der Waals surface area contributed by atoms with Crippen molar-refractivity contribution in [1.29, 1.82) is 5.26 Å². The first-order valence-corrected chi connectivity index (χ1v) is 10.7. The van der Waals surface area contributed by atoms with Gasteiger partial charge in [0.05, 0.1) is 11.5 Å². The number of rotatable bonds is 6. The van der Waals surface area contributed by atoms with E-state index in [1.807, 2.05) is 36.4 Å². The van der Waals surface area contributed by atoms with Crippen LogP contribution in [0, 0.1) is 23.7 Å². The van der Waals surface area contributed by atoms with E-state index in [1.54, 1.807) is 17.5 Å². The van der Waals surface area contributed by atoms with E-state index in [2.05, 4.69) is 27.6 Å². The van der Waals surface area contributed by atoms with Gasteiger partial charge in [0.1, 0.15) is 11.9 Å². The van der Waals surface area contributed by atoms with Gasteiger partial charge in [0, 0.05) is 5.38 Å². The maximum Gasteiger partial charge on any atom is 0.321 e. The normalized spacial score (nSPS) is 14.4. The average Bonchev–Trinajstić information content (AvgIpc) is 3.49. The van der Waals surface area contributed by atoms with Crippen LogP contribution in [0.5, 0.6) is 0 Å². The minimum atomic E-state index is -1.02. The molecular weight excluding hydrogens is 422 g/mol. The number of terminal acetylenes is 1. The summed E-state index contributed by atoms with van der Waals surface area (Å²) in [7, 11) is 0. The fourth-order valence-electron chi connectivity index (χ4n) is 3.45. The van der Waals surface area contributed by atoms with Crippen LogP contribution in [0.1, 0.15) is 35.0 Å². The Labute approximate surface area is 189 Å². The summed E-state index contributed by atoms with van der Waals surface area (Å²) in [5.41, 5.74) is 8.64. The molecule has 1 aliphatic rings. The maximum atomic E-state index is 12.3. The summed E-state index contributed by atoms with van der Waals surface area (Å²) >= 11 is 1.22. The van der Waals surface area contributed by atoms with Gasteiger partial charge in [-0.1, -0.05) is 42.5 Å². The van der Waals surface area contributed by atoms with Gasteiger partial charge in [0.2, 0.25) is 5.91 Å². The van der Waals surface area contributed by atoms with Crippen molar-refractivity contribution >= 4 is 29.1 Å². The molecule has 1 heterocycles. The predicted molar refractivity (Wildman–Crippen MR) is 123 cm³/mol. The Morgan fingerprint density at radius 3 is 2.53 bits per heavy atom. The first-order chi connectivity index (χ1) is 15.4. The number of aromatic nitrogens is 1. The number of primary amides is 1. The van der Waals surface area contributed by atoms with Crippen LogP contribution < -0.4 is 16.4 Å². The summed E-state index contributed by atoms with van der Waals surface area (Å²) in [6.07, 6.45) is 7.04. The van der Waals surface area contributed by atoms with Crippen molar-refractivity contribution in [2.24, 2.45) is 5.73 Å². The Kier molecular flexibility index (Phi) is 5.63. The lowest BCUT2D eigenvalue weighted by atomic mass is 9.93. The highest BCUT2D eigenvalue weighted by Crippen LogP contribution is 2.48. The van der Waals surface area contributed by atoms with Gasteiger partial charge in [0.15, 0.2) is 5.01 Å². The smallest absolute Gasteiger partial charge is 0.321 e. The number of nitrogens with two attached hydrogens (primary N) is 1. The molecule has 1 aromatic heterocycles. The van der Waals surface area contributed by atoms with Crippen LogP contribution in [0.25, 0.3) is 11.1 Å². The molecule has 3 aromatic rings. The summed E-state index contributed by atoms with van der Waals surface area (Å²) in [6, 6.07) is 15.9. The Morgan fingerprint density at radius 1 is 1.19 bits per heavy atom. The van der Waals surface area contributed by atoms with Crippen LogP contribution in [-0.4, -0.2) is 16.9 Å². The molecule has 3 amide bonds. The van der Waals surface area contributed by atoms with Gasteiger partial charge in [-0.05, 0) is 47.1 Å². The van der Waals surface area contributed by atoms with E-state index >= 15 is 0 Å². The van der Waals surface area contributed by atoms with Crippen molar-refractivity contribution in [3.8, 4) is 29.5 Å². The van der Waals surface area contributed by atoms with Crippen LogP contribution in [0.3, 0.4) is 0 Å². The molecule has 7 nitrogen and oxygen atoms in total. The minimum absolute atomic E-state index is 0.296. The quantitative estimate of drug-likeness (QED) is 0.505. The van der Waals surface area contributed by atoms with Gasteiger partial charge < -0.3 is 11.1 Å². The molecule has 0 unspecified atom stereocenters. The second kappa shape index (κ2) is 8.54. The molecule has 1 saturated carbocycles. The van der Waals surface area contributed by atoms with Crippen LogP contribution in [0.15, 0.2) is 53.9 Å². The predicted octanol–water partition coefficient (Wildman–Crippen LogP) is 3.69. The molecule has 8 heteroatoms. The van der Waals surface area contributed by atoms with Crippen molar-refractivity contribution in [2.75, 3.05) is 5.32 Å². The molecule has 2 aromatic carbocycles. The highest BCUT2D eigenvalue weighted by atomic mass is 32.1. The van der Waals surface area contributed by atoms with Crippen LogP contribution >= 0.6 is 11.3 Å². The van der Waals surface area contributed by atoms with E-state index in [1.165, 1.54) is 11.3 Å². The highest BCUT2D eigenvalue weighted by Gasteiger charge is 2.44. The lowest BCUT2D eigenvalue weighted by Gasteiger charge is -2.16. The molecular formula is C24H19N5O2S. The van der Waals surface area contributed by atoms with Crippen molar-refractivity contribution in [3.05, 3.63) is 70.0 Å². The number of amides is 3. The molecule has 0 saturated heterocycles. The van der Waals surface area contributed by atoms with Crippen LogP contribution in [0.2, 0.25) is 0 Å². The molecule has 0 spiro atoms. The third kappa shape index (κ3) is 4.31. The third-order valence-corrected chi connectivity index (χ3v) is 6.16. The molecule has 1 fully saturated rings. The molecule has 4 N–H and O–H groups in total. The Bertz CT molecular complexity index is 1260. The van der Waals surface area contributed by atoms with Gasteiger partial charge in [0.25, 0.3) is 0 Å². The number of hydrogen-bond donors (Lipinski definition) is 3. The van der Waals surface area contributed by atoms with Crippen LogP contribution in [-0.2, 0) is 10.2 Å². The molecule has 4 rings (SSSR count). The first-order valence-electron chi connectivity index (χ1n) is 9.85. The largest absolute Gasteiger partial charge is 0.368 e. The van der Waals surface area contributed by atoms with E-state index < -0.39 is 18.0 Å². The summed E-state index contributed by atoms with van der Waals surface area (Å²) in [4.78, 5) is 28.4. The van der Waals surface area contributed by atoms with Gasteiger partial charge in [-0.25, -0.2) is 9.78 Å². The lowest BCUT2D eigenvalue weighted by molar-refractivity contribution is -0.119. The monoisotopic (exact) mass is 441 g/mol. The fourth-order valence-corrected chi connectivity index (χ4v) is 4.01. The molecule has 32 heavy (non-hydrogen) atoms. The first kappa shape index (κ1) is 21.1. The Balaban J connectivity index is 1.49. The standard InChI is InChI=1S/C24H19N5O2S/c1-2-20-27-19(13-32-20)28-23(31)29-21(22(26)30)16-8-6-15(7-9-16)17-4-3-5-18(12-17)24(14-25)10-11-24/h1,3-9,12-13,21H,10-11H2,(H2,26,30)(H2,28,29,31)/t21-/m1/s1. The second-order valence-corrected chi connectivity index (χ2v) is 8.37. The van der Waals surface area contributed by atoms with E-state index in [0.29, 0.717) is 16.4 Å². The van der Waals surface area contributed by atoms with Crippen molar-refractivity contribution in [2.45, 2.75) is 24.3 Å². The van der Waals surface area contributed by atoms with E-state index in [4.69, 9.17) is 12.2 Å². The molecule has 0 bridgehead atoms. The molecule has 1 aliphatic carbocycles.